The maximum Gasteiger partial charge on any atom is 0.191 e. The third kappa shape index (κ3) is 7.83. The average molecular weight is 521 g/mol. The lowest BCUT2D eigenvalue weighted by atomic mass is 10.2. The van der Waals surface area contributed by atoms with Gasteiger partial charge in [0.1, 0.15) is 24.0 Å². The van der Waals surface area contributed by atoms with E-state index in [1.807, 2.05) is 35.8 Å². The Balaban J connectivity index is 0.00000392. The molecule has 2 aromatic rings. The fourth-order valence-electron chi connectivity index (χ4n) is 2.54. The van der Waals surface area contributed by atoms with Gasteiger partial charge < -0.3 is 19.9 Å². The zero-order valence-electron chi connectivity index (χ0n) is 16.7. The zero-order chi connectivity index (χ0) is 19.5. The van der Waals surface area contributed by atoms with Gasteiger partial charge in [0.15, 0.2) is 5.96 Å². The molecule has 0 fully saturated rings. The van der Waals surface area contributed by atoms with Crippen molar-refractivity contribution >= 4 is 41.5 Å². The smallest absolute Gasteiger partial charge is 0.191 e. The summed E-state index contributed by atoms with van der Waals surface area (Å²) in [6, 6.07) is 7.51. The van der Waals surface area contributed by atoms with Gasteiger partial charge in [0.25, 0.3) is 0 Å². The van der Waals surface area contributed by atoms with Crippen LogP contribution in [0.3, 0.4) is 0 Å². The Bertz CT molecular complexity index is 724. The third-order valence-corrected chi connectivity index (χ3v) is 4.35. The minimum absolute atomic E-state index is 0. The molecule has 0 bridgehead atoms. The summed E-state index contributed by atoms with van der Waals surface area (Å²) in [5.41, 5.74) is 0. The van der Waals surface area contributed by atoms with E-state index in [0.29, 0.717) is 17.3 Å². The molecule has 0 aliphatic rings. The molecule has 1 heterocycles. The normalized spacial score (nSPS) is 12.2. The molecule has 28 heavy (non-hydrogen) atoms. The van der Waals surface area contributed by atoms with Gasteiger partial charge in [-0.15, -0.1) is 34.2 Å². The molecule has 0 amide bonds. The Morgan fingerprint density at radius 1 is 1.25 bits per heavy atom. The van der Waals surface area contributed by atoms with Crippen LogP contribution in [-0.4, -0.2) is 46.5 Å². The Morgan fingerprint density at radius 3 is 2.71 bits per heavy atom. The number of hydrogen-bond acceptors (Lipinski definition) is 4. The molecule has 1 aromatic heterocycles. The summed E-state index contributed by atoms with van der Waals surface area (Å²) in [6.45, 7) is 9.06. The number of hydrogen-bond donors (Lipinski definition) is 2. The van der Waals surface area contributed by atoms with Crippen molar-refractivity contribution in [3.05, 3.63) is 41.4 Å². The number of halogens is 2. The van der Waals surface area contributed by atoms with Crippen molar-refractivity contribution in [2.45, 2.75) is 46.3 Å². The van der Waals surface area contributed by atoms with Crippen LogP contribution in [0, 0.1) is 0 Å². The monoisotopic (exact) mass is 520 g/mol. The number of nitrogens with zero attached hydrogens (tertiary/aromatic N) is 4. The topological polar surface area (TPSA) is 76.4 Å². The van der Waals surface area contributed by atoms with Crippen LogP contribution in [0.1, 0.15) is 33.0 Å². The molecule has 1 aromatic carbocycles. The van der Waals surface area contributed by atoms with Gasteiger partial charge in [0, 0.05) is 26.1 Å². The van der Waals surface area contributed by atoms with E-state index in [4.69, 9.17) is 16.3 Å². The van der Waals surface area contributed by atoms with Crippen LogP contribution >= 0.6 is 35.6 Å². The highest BCUT2D eigenvalue weighted by Crippen LogP contribution is 2.24. The highest BCUT2D eigenvalue weighted by atomic mass is 127. The van der Waals surface area contributed by atoms with Crippen LogP contribution in [-0.2, 0) is 13.0 Å². The van der Waals surface area contributed by atoms with Crippen molar-refractivity contribution in [2.75, 3.05) is 19.6 Å². The molecule has 0 spiro atoms. The zero-order valence-corrected chi connectivity index (χ0v) is 19.8. The van der Waals surface area contributed by atoms with Gasteiger partial charge in [-0.25, -0.2) is 4.99 Å². The molecule has 1 atom stereocenters. The highest BCUT2D eigenvalue weighted by molar-refractivity contribution is 14.0. The standard InChI is InChI=1S/C19H29ClN6O.HI/c1-4-15(27-17-10-8-7-9-16(17)20)13-23-19(21-6-3)22-11-12-26-14-24-25-18(26)5-2;/h7-10,14-15H,4-6,11-13H2,1-3H3,(H2,21,22,23);1H. The van der Waals surface area contributed by atoms with Gasteiger partial charge in [0.2, 0.25) is 0 Å². The van der Waals surface area contributed by atoms with Crippen molar-refractivity contribution in [1.29, 1.82) is 0 Å². The number of nitrogens with one attached hydrogen (secondary N) is 2. The minimum Gasteiger partial charge on any atom is -0.487 e. The number of rotatable bonds is 10. The fourth-order valence-corrected chi connectivity index (χ4v) is 2.72. The second kappa shape index (κ2) is 13.6. The van der Waals surface area contributed by atoms with Crippen LogP contribution in [0.5, 0.6) is 5.75 Å². The largest absolute Gasteiger partial charge is 0.487 e. The molecule has 156 valence electrons. The molecule has 2 rings (SSSR count). The number of guanidine groups is 1. The Labute approximate surface area is 189 Å². The lowest BCUT2D eigenvalue weighted by Crippen LogP contribution is -2.39. The van der Waals surface area contributed by atoms with Gasteiger partial charge in [-0.2, -0.15) is 0 Å². The van der Waals surface area contributed by atoms with Crippen molar-refractivity contribution < 1.29 is 4.74 Å². The Morgan fingerprint density at radius 2 is 2.04 bits per heavy atom. The third-order valence-electron chi connectivity index (χ3n) is 4.04. The Hall–Kier alpha value is -1.55. The first kappa shape index (κ1) is 24.5. The summed E-state index contributed by atoms with van der Waals surface area (Å²) in [5.74, 6) is 2.45. The molecular formula is C19H30ClIN6O. The van der Waals surface area contributed by atoms with Crippen LogP contribution in [0.4, 0.5) is 0 Å². The molecule has 1 unspecified atom stereocenters. The predicted octanol–water partition coefficient (Wildman–Crippen LogP) is 3.52. The van der Waals surface area contributed by atoms with Crippen molar-refractivity contribution in [3.8, 4) is 5.75 Å². The van der Waals surface area contributed by atoms with Crippen LogP contribution in [0.25, 0.3) is 0 Å². The number of aryl methyl sites for hydroxylation is 1. The van der Waals surface area contributed by atoms with Crippen molar-refractivity contribution in [3.63, 3.8) is 0 Å². The molecule has 7 nitrogen and oxygen atoms in total. The SMILES string of the molecule is CCNC(=NCC(CC)Oc1ccccc1Cl)NCCn1cnnc1CC.I. The molecule has 9 heteroatoms. The minimum atomic E-state index is -0.0371. The number of para-hydroxylation sites is 1. The van der Waals surface area contributed by atoms with E-state index in [-0.39, 0.29) is 30.1 Å². The summed E-state index contributed by atoms with van der Waals surface area (Å²) >= 11 is 6.18. The molecule has 0 aliphatic heterocycles. The summed E-state index contributed by atoms with van der Waals surface area (Å²) in [7, 11) is 0. The van der Waals surface area contributed by atoms with E-state index >= 15 is 0 Å². The number of aromatic nitrogens is 3. The number of benzene rings is 1. The summed E-state index contributed by atoms with van der Waals surface area (Å²) in [4.78, 5) is 4.66. The van der Waals surface area contributed by atoms with Gasteiger partial charge in [-0.05, 0) is 25.5 Å². The van der Waals surface area contributed by atoms with Crippen LogP contribution in [0.15, 0.2) is 35.6 Å². The average Bonchev–Trinajstić information content (AvgIpc) is 3.13. The number of ether oxygens (including phenoxy) is 1. The predicted molar refractivity (Wildman–Crippen MR) is 125 cm³/mol. The fraction of sp³-hybridized carbons (Fsp3) is 0.526. The summed E-state index contributed by atoms with van der Waals surface area (Å²) in [6.07, 6.45) is 3.43. The van der Waals surface area contributed by atoms with Crippen molar-refractivity contribution in [1.82, 2.24) is 25.4 Å². The maximum atomic E-state index is 6.18. The van der Waals surface area contributed by atoms with Gasteiger partial charge >= 0.3 is 0 Å². The number of aliphatic imine (C=N–C) groups is 1. The van der Waals surface area contributed by atoms with Gasteiger partial charge in [0.05, 0.1) is 11.6 Å². The van der Waals surface area contributed by atoms with E-state index < -0.39 is 0 Å². The van der Waals surface area contributed by atoms with E-state index in [2.05, 4.69) is 39.7 Å². The molecule has 0 saturated heterocycles. The Kier molecular flexibility index (Phi) is 11.9. The molecule has 0 aliphatic carbocycles. The maximum absolute atomic E-state index is 6.18. The lowest BCUT2D eigenvalue weighted by Gasteiger charge is -2.18. The van der Waals surface area contributed by atoms with Crippen molar-refractivity contribution in [2.24, 2.45) is 4.99 Å². The first-order valence-corrected chi connectivity index (χ1v) is 9.85. The van der Waals surface area contributed by atoms with E-state index in [1.165, 1.54) is 0 Å². The van der Waals surface area contributed by atoms with Gasteiger partial charge in [-0.3, -0.25) is 0 Å². The quantitative estimate of drug-likeness (QED) is 0.285. The van der Waals surface area contributed by atoms with E-state index in [9.17, 15) is 0 Å². The van der Waals surface area contributed by atoms with Crippen LogP contribution < -0.4 is 15.4 Å². The molecular weight excluding hydrogens is 491 g/mol. The summed E-state index contributed by atoms with van der Waals surface area (Å²) in [5, 5.41) is 15.3. The lowest BCUT2D eigenvalue weighted by molar-refractivity contribution is 0.206. The first-order valence-electron chi connectivity index (χ1n) is 9.47. The highest BCUT2D eigenvalue weighted by Gasteiger charge is 2.10. The second-order valence-corrected chi connectivity index (χ2v) is 6.43. The first-order chi connectivity index (χ1) is 13.2. The van der Waals surface area contributed by atoms with Gasteiger partial charge in [-0.1, -0.05) is 37.6 Å². The molecule has 0 radical (unpaired) electrons. The van der Waals surface area contributed by atoms with E-state index in [1.54, 1.807) is 6.33 Å². The summed E-state index contributed by atoms with van der Waals surface area (Å²) < 4.78 is 8.05. The van der Waals surface area contributed by atoms with Crippen LogP contribution in [0.2, 0.25) is 5.02 Å². The second-order valence-electron chi connectivity index (χ2n) is 6.02. The molecule has 0 saturated carbocycles. The molecule has 2 N–H and O–H groups in total. The van der Waals surface area contributed by atoms with E-state index in [0.717, 1.165) is 44.3 Å².